The van der Waals surface area contributed by atoms with E-state index in [4.69, 9.17) is 10.5 Å². The number of halogens is 3. The molecular weight excluding hydrogens is 637 g/mol. The van der Waals surface area contributed by atoms with Gasteiger partial charge in [-0.15, -0.1) is 0 Å². The highest BCUT2D eigenvalue weighted by Gasteiger charge is 2.35. The molecule has 0 radical (unpaired) electrons. The zero-order valence-corrected chi connectivity index (χ0v) is 25.8. The van der Waals surface area contributed by atoms with E-state index in [1.807, 2.05) is 0 Å². The van der Waals surface area contributed by atoms with Crippen LogP contribution in [0.3, 0.4) is 0 Å². The number of piperazine rings is 1. The van der Waals surface area contributed by atoms with E-state index in [-0.39, 0.29) is 80.7 Å². The van der Waals surface area contributed by atoms with Crippen molar-refractivity contribution in [1.29, 1.82) is 0 Å². The average Bonchev–Trinajstić information content (AvgIpc) is 3.46. The van der Waals surface area contributed by atoms with Gasteiger partial charge in [-0.1, -0.05) is 12.1 Å². The zero-order valence-electron chi connectivity index (χ0n) is 24.2. The molecule has 0 amide bonds. The van der Waals surface area contributed by atoms with E-state index < -0.39 is 50.0 Å². The molecule has 2 aromatic carbocycles. The van der Waals surface area contributed by atoms with Gasteiger partial charge in [0.15, 0.2) is 0 Å². The van der Waals surface area contributed by atoms with Crippen molar-refractivity contribution in [1.82, 2.24) is 18.4 Å². The smallest absolute Gasteiger partial charge is 0.316 e. The number of sulfonamides is 2. The zero-order chi connectivity index (χ0) is 32.4. The number of hydrogen-bond acceptors (Lipinski definition) is 9. The predicted octanol–water partition coefficient (Wildman–Crippen LogP) is 1.89. The molecular formula is C28H33F3N6O6S2. The molecule has 2 saturated heterocycles. The number of anilines is 2. The molecule has 1 aromatic heterocycles. The molecule has 12 nitrogen and oxygen atoms in total. The van der Waals surface area contributed by atoms with Crippen LogP contribution >= 0.6 is 0 Å². The van der Waals surface area contributed by atoms with Gasteiger partial charge in [-0.25, -0.2) is 25.6 Å². The van der Waals surface area contributed by atoms with Crippen LogP contribution in [0.4, 0.5) is 24.5 Å². The summed E-state index contributed by atoms with van der Waals surface area (Å²) in [5.41, 5.74) is 5.98. The van der Waals surface area contributed by atoms with Gasteiger partial charge in [-0.05, 0) is 42.7 Å². The maximum Gasteiger partial charge on any atom is 0.316 e. The normalized spacial score (nSPS) is 18.4. The summed E-state index contributed by atoms with van der Waals surface area (Å²) < 4.78 is 102. The van der Waals surface area contributed by atoms with Crippen molar-refractivity contribution in [3.05, 3.63) is 76.2 Å². The third kappa shape index (κ3) is 7.59. The molecule has 5 rings (SSSR count). The maximum atomic E-state index is 14.0. The Bertz CT molecular complexity index is 1800. The monoisotopic (exact) mass is 670 g/mol. The van der Waals surface area contributed by atoms with Gasteiger partial charge in [0.05, 0.1) is 36.6 Å². The van der Waals surface area contributed by atoms with Crippen LogP contribution in [0.25, 0.3) is 5.69 Å². The van der Waals surface area contributed by atoms with Gasteiger partial charge in [0.25, 0.3) is 0 Å². The Hall–Kier alpha value is -3.67. The quantitative estimate of drug-likeness (QED) is 0.302. The highest BCUT2D eigenvalue weighted by molar-refractivity contribution is 7.89. The fourth-order valence-corrected chi connectivity index (χ4v) is 8.39. The van der Waals surface area contributed by atoms with Crippen LogP contribution in [0.5, 0.6) is 5.75 Å². The number of ether oxygens (including phenoxy) is 1. The summed E-state index contributed by atoms with van der Waals surface area (Å²) >= 11 is 0. The van der Waals surface area contributed by atoms with Crippen molar-refractivity contribution in [3.8, 4) is 11.4 Å². The van der Waals surface area contributed by atoms with Crippen LogP contribution in [-0.2, 0) is 25.8 Å². The summed E-state index contributed by atoms with van der Waals surface area (Å²) in [5.74, 6) is -2.67. The summed E-state index contributed by atoms with van der Waals surface area (Å²) in [5, 5.41) is 4.12. The number of alkyl halides is 1. The molecule has 1 unspecified atom stereocenters. The number of nitrogens with zero attached hydrogens (tertiary/aromatic N) is 5. The average molecular weight is 671 g/mol. The second-order valence-electron chi connectivity index (χ2n) is 10.8. The van der Waals surface area contributed by atoms with Crippen molar-refractivity contribution in [2.24, 2.45) is 0 Å². The van der Waals surface area contributed by atoms with Gasteiger partial charge in [-0.3, -0.25) is 9.18 Å². The molecule has 0 spiro atoms. The van der Waals surface area contributed by atoms with Gasteiger partial charge in [0.2, 0.25) is 25.8 Å². The number of hydrogen-bond donors (Lipinski definition) is 1. The van der Waals surface area contributed by atoms with E-state index in [0.717, 1.165) is 16.8 Å². The lowest BCUT2D eigenvalue weighted by Crippen LogP contribution is -2.49. The van der Waals surface area contributed by atoms with Gasteiger partial charge >= 0.3 is 5.56 Å². The van der Waals surface area contributed by atoms with Gasteiger partial charge in [0, 0.05) is 44.5 Å². The molecule has 2 aliphatic heterocycles. The van der Waals surface area contributed by atoms with Crippen molar-refractivity contribution in [2.45, 2.75) is 24.7 Å². The first-order valence-electron chi connectivity index (χ1n) is 14.2. The summed E-state index contributed by atoms with van der Waals surface area (Å²) in [7, 11) is -7.43. The van der Waals surface area contributed by atoms with Crippen LogP contribution in [-0.4, -0.2) is 93.0 Å². The number of nitrogen functional groups attached to an aromatic ring is 1. The molecule has 0 aliphatic carbocycles. The lowest BCUT2D eigenvalue weighted by Gasteiger charge is -2.36. The maximum absolute atomic E-state index is 14.0. The predicted molar refractivity (Wildman–Crippen MR) is 162 cm³/mol. The molecule has 0 saturated carbocycles. The highest BCUT2D eigenvalue weighted by Crippen LogP contribution is 2.29. The molecule has 45 heavy (non-hydrogen) atoms. The Balaban J connectivity index is 1.40. The first-order valence-corrected chi connectivity index (χ1v) is 17.4. The second kappa shape index (κ2) is 13.4. The Morgan fingerprint density at radius 1 is 0.933 bits per heavy atom. The third-order valence-corrected chi connectivity index (χ3v) is 11.4. The molecule has 2 N–H and O–H groups in total. The minimum absolute atomic E-state index is 0.0829. The van der Waals surface area contributed by atoms with Crippen LogP contribution in [0.15, 0.2) is 53.5 Å². The molecule has 17 heteroatoms. The minimum atomic E-state index is -3.74. The van der Waals surface area contributed by atoms with Crippen LogP contribution < -0.4 is 20.9 Å². The molecule has 2 fully saturated rings. The fourth-order valence-electron chi connectivity index (χ4n) is 5.38. The number of benzene rings is 2. The van der Waals surface area contributed by atoms with E-state index in [0.29, 0.717) is 17.3 Å². The number of rotatable bonds is 11. The van der Waals surface area contributed by atoms with Gasteiger partial charge in [-0.2, -0.15) is 18.4 Å². The Kier molecular flexibility index (Phi) is 9.71. The van der Waals surface area contributed by atoms with Crippen LogP contribution in [0, 0.1) is 11.6 Å². The molecule has 244 valence electrons. The second-order valence-corrected chi connectivity index (χ2v) is 14.9. The molecule has 3 aromatic rings. The van der Waals surface area contributed by atoms with Crippen molar-refractivity contribution < 1.29 is 34.7 Å². The standard InChI is InChI=1S/C28H33F3N6O6S2/c29-6-2-12-44(39,40)36-7-5-25(18-36)43-27-26(17-33-37(28(27)38)24-15-21(30)14-22(31)16-24)34-8-10-35(11-9-34)45(41,42)19-20-3-1-4-23(32)13-20/h1,3-4,13-17,25H,2,5-12,18-19,32H2. The van der Waals surface area contributed by atoms with Crippen molar-refractivity contribution in [3.63, 3.8) is 0 Å². The summed E-state index contributed by atoms with van der Waals surface area (Å²) in [4.78, 5) is 15.5. The summed E-state index contributed by atoms with van der Waals surface area (Å²) in [6.45, 7) is -0.240. The third-order valence-electron chi connectivity index (χ3n) is 7.60. The summed E-state index contributed by atoms with van der Waals surface area (Å²) in [6, 6.07) is 9.12. The largest absolute Gasteiger partial charge is 0.481 e. The van der Waals surface area contributed by atoms with E-state index in [1.165, 1.54) is 14.8 Å². The molecule has 3 heterocycles. The molecule has 0 bridgehead atoms. The lowest BCUT2D eigenvalue weighted by atomic mass is 10.2. The van der Waals surface area contributed by atoms with Crippen LogP contribution in [0.1, 0.15) is 18.4 Å². The first-order chi connectivity index (χ1) is 21.4. The van der Waals surface area contributed by atoms with Crippen LogP contribution in [0.2, 0.25) is 0 Å². The molecule has 2 aliphatic rings. The lowest BCUT2D eigenvalue weighted by molar-refractivity contribution is 0.211. The number of nitrogens with two attached hydrogens (primary N) is 1. The Labute approximate surface area is 258 Å². The van der Waals surface area contributed by atoms with Gasteiger partial charge in [0.1, 0.15) is 23.4 Å². The van der Waals surface area contributed by atoms with E-state index >= 15 is 0 Å². The first kappa shape index (κ1) is 32.7. The summed E-state index contributed by atoms with van der Waals surface area (Å²) in [6.07, 6.45) is 0.633. The van der Waals surface area contributed by atoms with E-state index in [2.05, 4.69) is 5.10 Å². The SMILES string of the molecule is Nc1cccc(CS(=O)(=O)N2CCN(c3cnn(-c4cc(F)cc(F)c4)c(=O)c3OC3CCN(S(=O)(=O)CCCF)C3)CC2)c1. The van der Waals surface area contributed by atoms with Crippen molar-refractivity contribution >= 4 is 31.4 Å². The van der Waals surface area contributed by atoms with E-state index in [9.17, 15) is 34.8 Å². The van der Waals surface area contributed by atoms with Gasteiger partial charge < -0.3 is 15.4 Å². The topological polar surface area (TPSA) is 148 Å². The van der Waals surface area contributed by atoms with Crippen molar-refractivity contribution in [2.75, 3.05) is 62.3 Å². The number of aromatic nitrogens is 2. The Morgan fingerprint density at radius 3 is 2.31 bits per heavy atom. The highest BCUT2D eigenvalue weighted by atomic mass is 32.2. The Morgan fingerprint density at radius 2 is 1.64 bits per heavy atom. The van der Waals surface area contributed by atoms with E-state index in [1.54, 1.807) is 29.2 Å². The fraction of sp³-hybridized carbons (Fsp3) is 0.429. The minimum Gasteiger partial charge on any atom is -0.481 e. The molecule has 1 atom stereocenters.